The molecule has 2 aromatic rings. The molecule has 1 aliphatic heterocycles. The molecule has 0 aliphatic carbocycles. The van der Waals surface area contributed by atoms with Gasteiger partial charge in [0.05, 0.1) is 29.2 Å². The van der Waals surface area contributed by atoms with E-state index in [0.717, 1.165) is 23.3 Å². The van der Waals surface area contributed by atoms with Gasteiger partial charge >= 0.3 is 0 Å². The van der Waals surface area contributed by atoms with Crippen molar-refractivity contribution in [1.29, 1.82) is 0 Å². The van der Waals surface area contributed by atoms with E-state index >= 15 is 0 Å². The van der Waals surface area contributed by atoms with Crippen molar-refractivity contribution in [3.8, 4) is 0 Å². The van der Waals surface area contributed by atoms with Gasteiger partial charge in [-0.1, -0.05) is 39.7 Å². The summed E-state index contributed by atoms with van der Waals surface area (Å²) in [6.07, 6.45) is 1.12. The summed E-state index contributed by atoms with van der Waals surface area (Å²) in [7, 11) is 0. The number of hydrogen-bond acceptors (Lipinski definition) is 3. The van der Waals surface area contributed by atoms with Crippen molar-refractivity contribution in [2.45, 2.75) is 13.3 Å². The molecule has 0 amide bonds. The van der Waals surface area contributed by atoms with Crippen molar-refractivity contribution in [2.75, 3.05) is 20.5 Å². The Morgan fingerprint density at radius 2 is 1.86 bits per heavy atom. The second kappa shape index (κ2) is 6.51. The van der Waals surface area contributed by atoms with Gasteiger partial charge in [-0.15, -0.1) is 0 Å². The van der Waals surface area contributed by atoms with E-state index < -0.39 is 0 Å². The van der Waals surface area contributed by atoms with Gasteiger partial charge in [0.2, 0.25) is 0 Å². The lowest BCUT2D eigenvalue weighted by atomic mass is 10.2. The molecule has 0 bridgehead atoms. The first-order valence-corrected chi connectivity index (χ1v) is 9.10. The SMILES string of the molecule is Cc1cc(Cl)ccc1N1SN(CCCBr)c2ccccc21. The molecule has 110 valence electrons. The van der Waals surface area contributed by atoms with Gasteiger partial charge in [-0.05, 0) is 49.2 Å². The van der Waals surface area contributed by atoms with Crippen molar-refractivity contribution in [1.82, 2.24) is 0 Å². The second-order valence-electron chi connectivity index (χ2n) is 4.94. The Morgan fingerprint density at radius 3 is 2.57 bits per heavy atom. The summed E-state index contributed by atoms with van der Waals surface area (Å²) < 4.78 is 4.64. The smallest absolute Gasteiger partial charge is 0.0784 e. The quantitative estimate of drug-likeness (QED) is 0.475. The highest BCUT2D eigenvalue weighted by atomic mass is 79.9. The van der Waals surface area contributed by atoms with Crippen molar-refractivity contribution in [2.24, 2.45) is 0 Å². The summed E-state index contributed by atoms with van der Waals surface area (Å²) in [6.45, 7) is 3.13. The zero-order valence-electron chi connectivity index (χ0n) is 11.7. The van der Waals surface area contributed by atoms with Crippen molar-refractivity contribution in [3.63, 3.8) is 0 Å². The molecular weight excluding hydrogens is 368 g/mol. The number of anilines is 3. The summed E-state index contributed by atoms with van der Waals surface area (Å²) in [5.41, 5.74) is 4.89. The van der Waals surface area contributed by atoms with Crippen LogP contribution in [-0.2, 0) is 0 Å². The summed E-state index contributed by atoms with van der Waals surface area (Å²) in [5, 5.41) is 1.80. The largest absolute Gasteiger partial charge is 0.296 e. The Labute approximate surface area is 143 Å². The van der Waals surface area contributed by atoms with Crippen LogP contribution in [0.25, 0.3) is 0 Å². The highest BCUT2D eigenvalue weighted by molar-refractivity contribution is 9.09. The van der Waals surface area contributed by atoms with Crippen molar-refractivity contribution >= 4 is 56.7 Å². The molecular formula is C16H16BrClN2S. The monoisotopic (exact) mass is 382 g/mol. The molecule has 3 rings (SSSR count). The molecule has 0 unspecified atom stereocenters. The molecule has 0 atom stereocenters. The summed E-state index contributed by atoms with van der Waals surface area (Å²) in [6, 6.07) is 14.6. The Morgan fingerprint density at radius 1 is 1.10 bits per heavy atom. The normalized spacial score (nSPS) is 13.7. The number of aryl methyl sites for hydroxylation is 1. The fraction of sp³-hybridized carbons (Fsp3) is 0.250. The van der Waals surface area contributed by atoms with Gasteiger partial charge in [0.15, 0.2) is 0 Å². The number of rotatable bonds is 4. The zero-order chi connectivity index (χ0) is 14.8. The summed E-state index contributed by atoms with van der Waals surface area (Å²) in [4.78, 5) is 0. The average molecular weight is 384 g/mol. The van der Waals surface area contributed by atoms with Gasteiger partial charge in [0.25, 0.3) is 0 Å². The van der Waals surface area contributed by atoms with E-state index in [-0.39, 0.29) is 0 Å². The molecule has 2 nitrogen and oxygen atoms in total. The lowest BCUT2D eigenvalue weighted by Gasteiger charge is -2.21. The molecule has 0 radical (unpaired) electrons. The molecule has 1 heterocycles. The van der Waals surface area contributed by atoms with Gasteiger partial charge in [-0.3, -0.25) is 8.61 Å². The molecule has 0 aromatic heterocycles. The van der Waals surface area contributed by atoms with Gasteiger partial charge in [-0.2, -0.15) is 0 Å². The van der Waals surface area contributed by atoms with E-state index in [1.807, 2.05) is 12.1 Å². The fourth-order valence-electron chi connectivity index (χ4n) is 2.42. The third-order valence-electron chi connectivity index (χ3n) is 3.42. The van der Waals surface area contributed by atoms with Crippen molar-refractivity contribution in [3.05, 3.63) is 53.1 Å². The third kappa shape index (κ3) is 3.03. The Bertz CT molecular complexity index is 650. The number of halogens is 2. The minimum Gasteiger partial charge on any atom is -0.296 e. The molecule has 0 N–H and O–H groups in total. The minimum atomic E-state index is 0.782. The van der Waals surface area contributed by atoms with Gasteiger partial charge in [-0.25, -0.2) is 0 Å². The lowest BCUT2D eigenvalue weighted by Crippen LogP contribution is -2.15. The maximum Gasteiger partial charge on any atom is 0.0784 e. The molecule has 0 spiro atoms. The maximum absolute atomic E-state index is 6.08. The summed E-state index contributed by atoms with van der Waals surface area (Å²) >= 11 is 11.3. The Hall–Kier alpha value is -0.840. The van der Waals surface area contributed by atoms with Crippen LogP contribution in [0, 0.1) is 6.92 Å². The molecule has 1 aliphatic rings. The Kier molecular flexibility index (Phi) is 4.67. The van der Waals surface area contributed by atoms with E-state index in [1.54, 1.807) is 12.1 Å². The average Bonchev–Trinajstić information content (AvgIpc) is 2.84. The molecule has 21 heavy (non-hydrogen) atoms. The predicted molar refractivity (Wildman–Crippen MR) is 98.1 cm³/mol. The van der Waals surface area contributed by atoms with Crippen LogP contribution in [0.3, 0.4) is 0 Å². The van der Waals surface area contributed by atoms with Crippen LogP contribution in [0.2, 0.25) is 5.02 Å². The fourth-order valence-corrected chi connectivity index (χ4v) is 4.08. The highest BCUT2D eigenvalue weighted by Crippen LogP contribution is 2.49. The van der Waals surface area contributed by atoms with Crippen molar-refractivity contribution < 1.29 is 0 Å². The summed E-state index contributed by atoms with van der Waals surface area (Å²) in [5.74, 6) is 0. The first kappa shape index (κ1) is 15.1. The van der Waals surface area contributed by atoms with Crippen LogP contribution < -0.4 is 8.61 Å². The first-order valence-electron chi connectivity index (χ1n) is 6.87. The lowest BCUT2D eigenvalue weighted by molar-refractivity contribution is 0.952. The minimum absolute atomic E-state index is 0.782. The van der Waals surface area contributed by atoms with E-state index in [0.29, 0.717) is 0 Å². The van der Waals surface area contributed by atoms with Gasteiger partial charge < -0.3 is 0 Å². The highest BCUT2D eigenvalue weighted by Gasteiger charge is 2.28. The third-order valence-corrected chi connectivity index (χ3v) is 5.35. The van der Waals surface area contributed by atoms with Crippen LogP contribution >= 0.6 is 39.7 Å². The van der Waals surface area contributed by atoms with Crippen LogP contribution in [0.4, 0.5) is 17.1 Å². The molecule has 0 saturated heterocycles. The van der Waals surface area contributed by atoms with E-state index in [2.05, 4.69) is 61.8 Å². The number of nitrogens with zero attached hydrogens (tertiary/aromatic N) is 2. The number of fused-ring (bicyclic) bond motifs is 1. The number of para-hydroxylation sites is 2. The number of alkyl halides is 1. The van der Waals surface area contributed by atoms with Gasteiger partial charge in [0, 0.05) is 16.9 Å². The first-order chi connectivity index (χ1) is 10.2. The van der Waals surface area contributed by atoms with E-state index in [4.69, 9.17) is 11.6 Å². The van der Waals surface area contributed by atoms with E-state index in [9.17, 15) is 0 Å². The topological polar surface area (TPSA) is 6.48 Å². The molecule has 0 fully saturated rings. The van der Waals surface area contributed by atoms with Crippen LogP contribution in [0.5, 0.6) is 0 Å². The second-order valence-corrected chi connectivity index (χ2v) is 7.14. The van der Waals surface area contributed by atoms with Gasteiger partial charge in [0.1, 0.15) is 0 Å². The predicted octanol–water partition coefficient (Wildman–Crippen LogP) is 5.95. The Balaban J connectivity index is 1.97. The van der Waals surface area contributed by atoms with E-state index in [1.165, 1.54) is 22.6 Å². The zero-order valence-corrected chi connectivity index (χ0v) is 14.9. The van der Waals surface area contributed by atoms with Crippen LogP contribution in [0.1, 0.15) is 12.0 Å². The molecule has 5 heteroatoms. The number of benzene rings is 2. The molecule has 0 saturated carbocycles. The standard InChI is InChI=1S/C16H16BrClN2S/c1-12-11-13(18)7-8-14(12)20-16-6-3-2-5-15(16)19(21-20)10-4-9-17/h2-3,5-8,11H,4,9-10H2,1H3. The van der Waals surface area contributed by atoms with Crippen LogP contribution in [0.15, 0.2) is 42.5 Å². The molecule has 2 aromatic carbocycles. The maximum atomic E-state index is 6.08. The van der Waals surface area contributed by atoms with Crippen LogP contribution in [-0.4, -0.2) is 11.9 Å². The number of hydrogen-bond donors (Lipinski definition) is 0.